The van der Waals surface area contributed by atoms with Crippen molar-refractivity contribution in [2.75, 3.05) is 20.2 Å². The molecular weight excluding hydrogens is 308 g/mol. The fourth-order valence-corrected chi connectivity index (χ4v) is 3.73. The summed E-state index contributed by atoms with van der Waals surface area (Å²) in [6.07, 6.45) is 0.604. The van der Waals surface area contributed by atoms with E-state index in [1.165, 1.54) is 0 Å². The van der Waals surface area contributed by atoms with Gasteiger partial charge in [0.05, 0.1) is 29.9 Å². The molecule has 3 atom stereocenters. The summed E-state index contributed by atoms with van der Waals surface area (Å²) >= 11 is 0. The molecule has 1 N–H and O–H groups in total. The van der Waals surface area contributed by atoms with E-state index in [2.05, 4.69) is 33.0 Å². The molecule has 0 aromatic heterocycles. The summed E-state index contributed by atoms with van der Waals surface area (Å²) in [5.74, 6) is 0. The molecule has 2 unspecified atom stereocenters. The number of amides is 1. The highest BCUT2D eigenvalue weighted by Crippen LogP contribution is 2.38. The van der Waals surface area contributed by atoms with Gasteiger partial charge >= 0.3 is 6.09 Å². The standard InChI is InChI=1S/C18H34N2O4/c1-16(2,3)23-15(21)20-10-12(13(11-20)22-8)19-14-9-17(4,5)24-18(14,6)7/h12-14,19H,9-11H2,1-8H3/t12?,13-,14?/m0/s1. The number of carbonyl (C=O) groups excluding carboxylic acids is 1. The molecule has 2 rings (SSSR count). The van der Waals surface area contributed by atoms with Gasteiger partial charge in [-0.25, -0.2) is 4.79 Å². The molecule has 0 saturated carbocycles. The van der Waals surface area contributed by atoms with Crippen molar-refractivity contribution < 1.29 is 19.0 Å². The lowest BCUT2D eigenvalue weighted by atomic mass is 9.93. The van der Waals surface area contributed by atoms with Crippen molar-refractivity contribution in [1.82, 2.24) is 10.2 Å². The number of hydrogen-bond acceptors (Lipinski definition) is 5. The molecule has 6 heteroatoms. The van der Waals surface area contributed by atoms with E-state index < -0.39 is 5.60 Å². The molecule has 0 radical (unpaired) electrons. The first-order valence-corrected chi connectivity index (χ1v) is 8.80. The molecule has 0 aromatic carbocycles. The third kappa shape index (κ3) is 4.61. The zero-order valence-electron chi connectivity index (χ0n) is 16.4. The van der Waals surface area contributed by atoms with E-state index in [0.29, 0.717) is 13.1 Å². The molecule has 24 heavy (non-hydrogen) atoms. The minimum absolute atomic E-state index is 0.0444. The minimum Gasteiger partial charge on any atom is -0.444 e. The SMILES string of the molecule is CO[C@H]1CN(C(=O)OC(C)(C)C)CC1NC1CC(C)(C)OC1(C)C. The maximum Gasteiger partial charge on any atom is 0.410 e. The molecule has 2 aliphatic heterocycles. The first kappa shape index (κ1) is 19.5. The molecule has 6 nitrogen and oxygen atoms in total. The molecule has 140 valence electrons. The van der Waals surface area contributed by atoms with Crippen LogP contribution in [0.15, 0.2) is 0 Å². The van der Waals surface area contributed by atoms with Crippen LogP contribution in [0.4, 0.5) is 4.79 Å². The smallest absolute Gasteiger partial charge is 0.410 e. The van der Waals surface area contributed by atoms with Gasteiger partial charge in [0.15, 0.2) is 0 Å². The Morgan fingerprint density at radius 2 is 1.83 bits per heavy atom. The summed E-state index contributed by atoms with van der Waals surface area (Å²) in [4.78, 5) is 14.1. The predicted molar refractivity (Wildman–Crippen MR) is 93.2 cm³/mol. The number of ether oxygens (including phenoxy) is 3. The number of carbonyl (C=O) groups is 1. The Hall–Kier alpha value is -0.850. The topological polar surface area (TPSA) is 60.0 Å². The van der Waals surface area contributed by atoms with E-state index in [4.69, 9.17) is 14.2 Å². The summed E-state index contributed by atoms with van der Waals surface area (Å²) in [5, 5.41) is 3.67. The van der Waals surface area contributed by atoms with Crippen molar-refractivity contribution >= 4 is 6.09 Å². The molecule has 0 aromatic rings. The van der Waals surface area contributed by atoms with E-state index in [0.717, 1.165) is 6.42 Å². The zero-order chi connectivity index (χ0) is 18.3. The van der Waals surface area contributed by atoms with Gasteiger partial charge in [0, 0.05) is 19.7 Å². The van der Waals surface area contributed by atoms with Gasteiger partial charge in [-0.2, -0.15) is 0 Å². The van der Waals surface area contributed by atoms with Crippen LogP contribution in [0.2, 0.25) is 0 Å². The molecule has 2 fully saturated rings. The van der Waals surface area contributed by atoms with Gasteiger partial charge in [-0.1, -0.05) is 0 Å². The highest BCUT2D eigenvalue weighted by atomic mass is 16.6. The summed E-state index contributed by atoms with van der Waals surface area (Å²) in [5.41, 5.74) is -0.884. The summed E-state index contributed by atoms with van der Waals surface area (Å²) < 4.78 is 17.3. The molecule has 1 amide bonds. The average molecular weight is 342 g/mol. The van der Waals surface area contributed by atoms with Crippen LogP contribution in [0.25, 0.3) is 0 Å². The van der Waals surface area contributed by atoms with Gasteiger partial charge in [0.2, 0.25) is 0 Å². The van der Waals surface area contributed by atoms with Crippen LogP contribution in [-0.2, 0) is 14.2 Å². The van der Waals surface area contributed by atoms with Crippen LogP contribution >= 0.6 is 0 Å². The van der Waals surface area contributed by atoms with E-state index in [9.17, 15) is 4.79 Å². The number of methoxy groups -OCH3 is 1. The molecule has 0 spiro atoms. The number of hydrogen-bond donors (Lipinski definition) is 1. The second-order valence-corrected chi connectivity index (χ2v) is 9.15. The Morgan fingerprint density at radius 1 is 1.21 bits per heavy atom. The van der Waals surface area contributed by atoms with Crippen molar-refractivity contribution in [2.45, 2.75) is 89.9 Å². The average Bonchev–Trinajstić information content (AvgIpc) is 2.85. The molecule has 2 aliphatic rings. The fraction of sp³-hybridized carbons (Fsp3) is 0.944. The largest absolute Gasteiger partial charge is 0.444 e. The van der Waals surface area contributed by atoms with Crippen molar-refractivity contribution in [1.29, 1.82) is 0 Å². The maximum atomic E-state index is 12.3. The lowest BCUT2D eigenvalue weighted by Gasteiger charge is -2.31. The van der Waals surface area contributed by atoms with Crippen LogP contribution in [0.3, 0.4) is 0 Å². The Bertz CT molecular complexity index is 470. The Morgan fingerprint density at radius 3 is 2.29 bits per heavy atom. The maximum absolute atomic E-state index is 12.3. The van der Waals surface area contributed by atoms with Crippen molar-refractivity contribution in [3.05, 3.63) is 0 Å². The van der Waals surface area contributed by atoms with Crippen LogP contribution in [-0.4, -0.2) is 66.2 Å². The second-order valence-electron chi connectivity index (χ2n) is 9.15. The van der Waals surface area contributed by atoms with Crippen LogP contribution in [0.1, 0.15) is 54.9 Å². The molecule has 0 bridgehead atoms. The summed E-state index contributed by atoms with van der Waals surface area (Å²) in [6.45, 7) is 15.2. The van der Waals surface area contributed by atoms with Gasteiger partial charge < -0.3 is 24.4 Å². The highest BCUT2D eigenvalue weighted by Gasteiger charge is 2.48. The van der Waals surface area contributed by atoms with E-state index in [-0.39, 0.29) is 35.5 Å². The Kier molecular flexibility index (Phi) is 5.25. The monoisotopic (exact) mass is 342 g/mol. The molecule has 2 saturated heterocycles. The molecule has 2 heterocycles. The zero-order valence-corrected chi connectivity index (χ0v) is 16.4. The molecular formula is C18H34N2O4. The molecule has 0 aliphatic carbocycles. The lowest BCUT2D eigenvalue weighted by Crippen LogP contribution is -2.52. The lowest BCUT2D eigenvalue weighted by molar-refractivity contribution is -0.0711. The predicted octanol–water partition coefficient (Wildman–Crippen LogP) is 2.56. The van der Waals surface area contributed by atoms with E-state index >= 15 is 0 Å². The fourth-order valence-electron chi connectivity index (χ4n) is 3.73. The van der Waals surface area contributed by atoms with Gasteiger partial charge in [0.25, 0.3) is 0 Å². The minimum atomic E-state index is -0.490. The number of nitrogens with one attached hydrogen (secondary N) is 1. The number of nitrogens with zero attached hydrogens (tertiary/aromatic N) is 1. The van der Waals surface area contributed by atoms with E-state index in [1.54, 1.807) is 12.0 Å². The van der Waals surface area contributed by atoms with Gasteiger partial charge in [-0.15, -0.1) is 0 Å². The Balaban J connectivity index is 2.01. The normalized spacial score (nSPS) is 32.2. The van der Waals surface area contributed by atoms with Gasteiger partial charge in [-0.3, -0.25) is 0 Å². The van der Waals surface area contributed by atoms with Gasteiger partial charge in [0.1, 0.15) is 5.60 Å². The van der Waals surface area contributed by atoms with Crippen LogP contribution in [0, 0.1) is 0 Å². The van der Waals surface area contributed by atoms with Gasteiger partial charge in [-0.05, 0) is 54.9 Å². The van der Waals surface area contributed by atoms with Crippen molar-refractivity contribution in [2.24, 2.45) is 0 Å². The van der Waals surface area contributed by atoms with Crippen molar-refractivity contribution in [3.63, 3.8) is 0 Å². The third-order valence-corrected chi connectivity index (χ3v) is 4.71. The number of likely N-dealkylation sites (tertiary alicyclic amines) is 1. The summed E-state index contributed by atoms with van der Waals surface area (Å²) in [6, 6.07) is 0.290. The first-order chi connectivity index (χ1) is 10.8. The number of rotatable bonds is 3. The quantitative estimate of drug-likeness (QED) is 0.854. The summed E-state index contributed by atoms with van der Waals surface area (Å²) in [7, 11) is 1.69. The Labute approximate surface area is 146 Å². The highest BCUT2D eigenvalue weighted by molar-refractivity contribution is 5.68. The van der Waals surface area contributed by atoms with Crippen molar-refractivity contribution in [3.8, 4) is 0 Å². The second kappa shape index (κ2) is 6.46. The first-order valence-electron chi connectivity index (χ1n) is 8.80. The van der Waals surface area contributed by atoms with E-state index in [1.807, 2.05) is 20.8 Å². The third-order valence-electron chi connectivity index (χ3n) is 4.71. The van der Waals surface area contributed by atoms with Crippen LogP contribution < -0.4 is 5.32 Å². The van der Waals surface area contributed by atoms with Crippen LogP contribution in [0.5, 0.6) is 0 Å².